The molecule has 0 saturated heterocycles. The number of hydrogen-bond acceptors (Lipinski definition) is 4. The van der Waals surface area contributed by atoms with E-state index in [-0.39, 0.29) is 11.8 Å². The molecular formula is C15H21N3O3. The summed E-state index contributed by atoms with van der Waals surface area (Å²) in [5, 5.41) is 0. The number of hydrogen-bond donors (Lipinski definition) is 2. The van der Waals surface area contributed by atoms with Crippen molar-refractivity contribution in [2.45, 2.75) is 32.1 Å². The molecule has 0 aromatic heterocycles. The van der Waals surface area contributed by atoms with Crippen LogP contribution in [0.15, 0.2) is 24.3 Å². The molecule has 1 aliphatic rings. The van der Waals surface area contributed by atoms with Gasteiger partial charge in [0.1, 0.15) is 5.75 Å². The Balaban J connectivity index is 1.89. The largest absolute Gasteiger partial charge is 0.491 e. The molecule has 1 aromatic rings. The van der Waals surface area contributed by atoms with Gasteiger partial charge >= 0.3 is 0 Å². The van der Waals surface area contributed by atoms with Gasteiger partial charge in [-0.1, -0.05) is 18.6 Å². The normalized spacial score (nSPS) is 14.1. The van der Waals surface area contributed by atoms with E-state index in [2.05, 4.69) is 5.43 Å². The lowest BCUT2D eigenvalue weighted by atomic mass is 10.1. The van der Waals surface area contributed by atoms with Crippen LogP contribution >= 0.6 is 0 Å². The quantitative estimate of drug-likeness (QED) is 0.358. The summed E-state index contributed by atoms with van der Waals surface area (Å²) >= 11 is 0. The molecule has 0 fully saturated rings. The van der Waals surface area contributed by atoms with Crippen LogP contribution < -0.4 is 20.9 Å². The number of nitrogens with zero attached hydrogens (tertiary/aromatic N) is 1. The molecule has 1 heterocycles. The molecular weight excluding hydrogens is 270 g/mol. The van der Waals surface area contributed by atoms with Crippen molar-refractivity contribution in [2.75, 3.05) is 18.1 Å². The molecule has 0 atom stereocenters. The summed E-state index contributed by atoms with van der Waals surface area (Å²) in [6.45, 7) is 1.06. The molecule has 0 unspecified atom stereocenters. The van der Waals surface area contributed by atoms with Gasteiger partial charge in [-0.15, -0.1) is 0 Å². The maximum Gasteiger partial charge on any atom is 0.233 e. The van der Waals surface area contributed by atoms with Gasteiger partial charge in [0.25, 0.3) is 0 Å². The average molecular weight is 291 g/mol. The van der Waals surface area contributed by atoms with E-state index in [1.54, 1.807) is 4.90 Å². The van der Waals surface area contributed by atoms with Crippen LogP contribution in [0, 0.1) is 0 Å². The topological polar surface area (TPSA) is 84.7 Å². The van der Waals surface area contributed by atoms with Crippen LogP contribution in [-0.4, -0.2) is 25.0 Å². The third-order valence-electron chi connectivity index (χ3n) is 3.48. The number of carbonyl (C=O) groups is 2. The summed E-state index contributed by atoms with van der Waals surface area (Å²) in [6, 6.07) is 7.59. The number of para-hydroxylation sites is 2. The molecule has 3 N–H and O–H groups in total. The predicted octanol–water partition coefficient (Wildman–Crippen LogP) is 1.35. The van der Waals surface area contributed by atoms with E-state index in [1.165, 1.54) is 0 Å². The first-order valence-electron chi connectivity index (χ1n) is 7.24. The fourth-order valence-electron chi connectivity index (χ4n) is 2.37. The van der Waals surface area contributed by atoms with Crippen LogP contribution in [0.4, 0.5) is 5.69 Å². The molecule has 6 heteroatoms. The zero-order chi connectivity index (χ0) is 15.1. The van der Waals surface area contributed by atoms with Crippen molar-refractivity contribution < 1.29 is 14.3 Å². The van der Waals surface area contributed by atoms with Gasteiger partial charge in [-0.2, -0.15) is 0 Å². The lowest BCUT2D eigenvalue weighted by molar-refractivity contribution is -0.121. The average Bonchev–Trinajstić information content (AvgIpc) is 2.66. The number of fused-ring (bicyclic) bond motifs is 1. The van der Waals surface area contributed by atoms with Crippen LogP contribution in [-0.2, 0) is 9.59 Å². The van der Waals surface area contributed by atoms with Crippen molar-refractivity contribution in [1.29, 1.82) is 0 Å². The number of nitrogens with one attached hydrogen (secondary N) is 1. The highest BCUT2D eigenvalue weighted by Crippen LogP contribution is 2.31. The van der Waals surface area contributed by atoms with E-state index in [4.69, 9.17) is 10.6 Å². The second-order valence-electron chi connectivity index (χ2n) is 4.99. The molecule has 21 heavy (non-hydrogen) atoms. The smallest absolute Gasteiger partial charge is 0.233 e. The van der Waals surface area contributed by atoms with Gasteiger partial charge in [0.05, 0.1) is 18.7 Å². The van der Waals surface area contributed by atoms with E-state index in [0.717, 1.165) is 30.7 Å². The highest BCUT2D eigenvalue weighted by molar-refractivity contribution is 5.95. The first-order valence-corrected chi connectivity index (χ1v) is 7.24. The van der Waals surface area contributed by atoms with Gasteiger partial charge in [0.15, 0.2) is 0 Å². The van der Waals surface area contributed by atoms with Gasteiger partial charge < -0.3 is 9.64 Å². The number of hydrazine groups is 1. The number of anilines is 1. The van der Waals surface area contributed by atoms with Crippen molar-refractivity contribution >= 4 is 17.5 Å². The summed E-state index contributed by atoms with van der Waals surface area (Å²) in [7, 11) is 0. The van der Waals surface area contributed by atoms with Crippen molar-refractivity contribution in [3.8, 4) is 5.75 Å². The lowest BCUT2D eigenvalue weighted by Crippen LogP contribution is -2.31. The number of amides is 2. The van der Waals surface area contributed by atoms with E-state index >= 15 is 0 Å². The molecule has 1 aliphatic heterocycles. The number of benzene rings is 1. The Labute approximate surface area is 124 Å². The second kappa shape index (κ2) is 7.64. The van der Waals surface area contributed by atoms with Gasteiger partial charge in [0.2, 0.25) is 11.8 Å². The Morgan fingerprint density at radius 1 is 1.29 bits per heavy atom. The van der Waals surface area contributed by atoms with Gasteiger partial charge in [0, 0.05) is 13.0 Å². The van der Waals surface area contributed by atoms with Gasteiger partial charge in [-0.05, 0) is 25.0 Å². The minimum absolute atomic E-state index is 0.0830. The lowest BCUT2D eigenvalue weighted by Gasteiger charge is -2.21. The number of nitrogens with two attached hydrogens (primary N) is 1. The number of unbranched alkanes of at least 4 members (excludes halogenated alkanes) is 2. The number of rotatable bonds is 6. The maximum atomic E-state index is 12.2. The van der Waals surface area contributed by atoms with Gasteiger partial charge in [-0.3, -0.25) is 15.0 Å². The van der Waals surface area contributed by atoms with Crippen molar-refractivity contribution in [3.05, 3.63) is 24.3 Å². The minimum Gasteiger partial charge on any atom is -0.491 e. The molecule has 1 aromatic carbocycles. The van der Waals surface area contributed by atoms with E-state index in [9.17, 15) is 9.59 Å². The molecule has 0 saturated carbocycles. The summed E-state index contributed by atoms with van der Waals surface area (Å²) in [5.74, 6) is 5.71. The Morgan fingerprint density at radius 2 is 2.10 bits per heavy atom. The zero-order valence-corrected chi connectivity index (χ0v) is 12.0. The standard InChI is InChI=1S/C15H21N3O3/c16-17-14(19)8-2-1-5-10-18-12-6-3-4-7-13(12)21-11-9-15(18)20/h3-4,6-7H,1-2,5,8-11,16H2,(H,17,19). The third-order valence-corrected chi connectivity index (χ3v) is 3.48. The van der Waals surface area contributed by atoms with E-state index < -0.39 is 0 Å². The summed E-state index contributed by atoms with van der Waals surface area (Å²) in [6.07, 6.45) is 3.30. The van der Waals surface area contributed by atoms with E-state index in [1.807, 2.05) is 24.3 Å². The Bertz CT molecular complexity index is 505. The fraction of sp³-hybridized carbons (Fsp3) is 0.467. The number of carbonyl (C=O) groups excluding carboxylic acids is 2. The fourth-order valence-corrected chi connectivity index (χ4v) is 2.37. The maximum absolute atomic E-state index is 12.2. The first kappa shape index (κ1) is 15.3. The summed E-state index contributed by atoms with van der Waals surface area (Å²) in [4.78, 5) is 25.0. The Hall–Kier alpha value is -2.08. The first-order chi connectivity index (χ1) is 10.2. The molecule has 0 bridgehead atoms. The number of ether oxygens (including phenoxy) is 1. The Morgan fingerprint density at radius 3 is 2.90 bits per heavy atom. The van der Waals surface area contributed by atoms with Crippen LogP contribution in [0.5, 0.6) is 5.75 Å². The zero-order valence-electron chi connectivity index (χ0n) is 12.0. The molecule has 2 rings (SSSR count). The summed E-state index contributed by atoms with van der Waals surface area (Å²) in [5.41, 5.74) is 2.95. The van der Waals surface area contributed by atoms with Crippen LogP contribution in [0.1, 0.15) is 32.1 Å². The Kier molecular flexibility index (Phi) is 5.57. The third kappa shape index (κ3) is 4.19. The van der Waals surface area contributed by atoms with Crippen LogP contribution in [0.25, 0.3) is 0 Å². The molecule has 0 aliphatic carbocycles. The predicted molar refractivity (Wildman–Crippen MR) is 79.7 cm³/mol. The van der Waals surface area contributed by atoms with Crippen molar-refractivity contribution in [3.63, 3.8) is 0 Å². The molecule has 0 radical (unpaired) electrons. The minimum atomic E-state index is -0.153. The monoisotopic (exact) mass is 291 g/mol. The van der Waals surface area contributed by atoms with Crippen molar-refractivity contribution in [2.24, 2.45) is 5.84 Å². The van der Waals surface area contributed by atoms with Crippen molar-refractivity contribution in [1.82, 2.24) is 5.43 Å². The molecule has 114 valence electrons. The van der Waals surface area contributed by atoms with Gasteiger partial charge in [-0.25, -0.2) is 5.84 Å². The van der Waals surface area contributed by atoms with Crippen LogP contribution in [0.2, 0.25) is 0 Å². The second-order valence-corrected chi connectivity index (χ2v) is 4.99. The highest BCUT2D eigenvalue weighted by atomic mass is 16.5. The molecule has 0 spiro atoms. The SMILES string of the molecule is NNC(=O)CCCCCN1C(=O)CCOc2ccccc21. The molecule has 6 nitrogen and oxygen atoms in total. The van der Waals surface area contributed by atoms with E-state index in [0.29, 0.717) is 26.0 Å². The highest BCUT2D eigenvalue weighted by Gasteiger charge is 2.22. The molecule has 2 amide bonds. The van der Waals surface area contributed by atoms with Crippen LogP contribution in [0.3, 0.4) is 0 Å². The summed E-state index contributed by atoms with van der Waals surface area (Å²) < 4.78 is 5.59.